The molecule has 0 aliphatic carbocycles. The van der Waals surface area contributed by atoms with E-state index in [4.69, 9.17) is 4.65 Å². The van der Waals surface area contributed by atoms with Crippen LogP contribution in [-0.4, -0.2) is 21.8 Å². The van der Waals surface area contributed by atoms with E-state index in [0.717, 1.165) is 16.8 Å². The number of aryl methyl sites for hydroxylation is 1. The van der Waals surface area contributed by atoms with Gasteiger partial charge in [0.15, 0.2) is 5.70 Å². The molecule has 3 aliphatic rings. The van der Waals surface area contributed by atoms with Crippen molar-refractivity contribution in [2.45, 2.75) is 6.92 Å². The Kier molecular flexibility index (Phi) is 3.43. The van der Waals surface area contributed by atoms with Gasteiger partial charge >= 0.3 is 6.62 Å². The van der Waals surface area contributed by atoms with E-state index < -0.39 is 6.62 Å². The van der Waals surface area contributed by atoms with Crippen LogP contribution in [0.15, 0.2) is 109 Å². The van der Waals surface area contributed by atoms with E-state index in [-0.39, 0.29) is 0 Å². The molecule has 0 bridgehead atoms. The molecule has 0 saturated carbocycles. The van der Waals surface area contributed by atoms with Crippen LogP contribution in [0.2, 0.25) is 0 Å². The molecule has 0 fully saturated rings. The quantitative estimate of drug-likeness (QED) is 0.425. The Bertz CT molecular complexity index is 1490. The maximum atomic E-state index is 7.06. The second kappa shape index (κ2) is 6.24. The lowest BCUT2D eigenvalue weighted by molar-refractivity contribution is -0.342. The highest BCUT2D eigenvalue weighted by Gasteiger charge is 2.56. The summed E-state index contributed by atoms with van der Waals surface area (Å²) in [6, 6.07) is 32.3. The van der Waals surface area contributed by atoms with Gasteiger partial charge in [-0.2, -0.15) is 0 Å². The third-order valence-electron chi connectivity index (χ3n) is 6.96. The molecule has 0 spiro atoms. The lowest BCUT2D eigenvalue weighted by Gasteiger charge is -2.47. The second-order valence-corrected chi connectivity index (χ2v) is 8.74. The highest BCUT2D eigenvalue weighted by Crippen LogP contribution is 2.46. The SMILES string of the molecule is Cc1ccc([B@@-]23Oc4ccccc4-c4ccc(n42)C(c2ccccc2)=C2C=CC=[N+]23)cc1. The van der Waals surface area contributed by atoms with E-state index in [0.29, 0.717) is 0 Å². The minimum absolute atomic E-state index is 0.924. The lowest BCUT2D eigenvalue weighted by atomic mass is 9.54. The molecule has 3 aromatic carbocycles. The molecule has 32 heavy (non-hydrogen) atoms. The molecular weight excluding hydrogens is 391 g/mol. The Morgan fingerprint density at radius 2 is 1.53 bits per heavy atom. The minimum Gasteiger partial charge on any atom is -0.635 e. The molecule has 0 amide bonds. The molecule has 0 saturated heterocycles. The summed E-state index contributed by atoms with van der Waals surface area (Å²) >= 11 is 0. The van der Waals surface area contributed by atoms with E-state index >= 15 is 0 Å². The number of hydrogen-bond acceptors (Lipinski definition) is 1. The van der Waals surface area contributed by atoms with Crippen molar-refractivity contribution >= 4 is 23.9 Å². The number of rotatable bonds is 2. The summed E-state index contributed by atoms with van der Waals surface area (Å²) in [5, 5.41) is 0. The first kappa shape index (κ1) is 17.6. The van der Waals surface area contributed by atoms with Gasteiger partial charge in [0.2, 0.25) is 0 Å². The van der Waals surface area contributed by atoms with Gasteiger partial charge in [-0.25, -0.2) is 0 Å². The fourth-order valence-electron chi connectivity index (χ4n) is 5.58. The van der Waals surface area contributed by atoms with Crippen LogP contribution in [0.25, 0.3) is 16.8 Å². The molecule has 4 heteroatoms. The molecule has 0 radical (unpaired) electrons. The summed E-state index contributed by atoms with van der Waals surface area (Å²) < 4.78 is 11.8. The molecule has 1 atom stereocenters. The zero-order chi connectivity index (χ0) is 21.3. The van der Waals surface area contributed by atoms with E-state index in [2.05, 4.69) is 125 Å². The summed E-state index contributed by atoms with van der Waals surface area (Å²) in [5.41, 5.74) is 9.52. The Morgan fingerprint density at radius 3 is 2.38 bits per heavy atom. The number of allylic oxidation sites excluding steroid dienone is 2. The molecule has 4 aromatic rings. The van der Waals surface area contributed by atoms with E-state index in [1.165, 1.54) is 33.8 Å². The van der Waals surface area contributed by atoms with Gasteiger partial charge in [-0.1, -0.05) is 77.8 Å². The number of nitrogens with zero attached hydrogens (tertiary/aromatic N) is 2. The van der Waals surface area contributed by atoms with Crippen LogP contribution in [-0.2, 0) is 0 Å². The number of fused-ring (bicyclic) bond motifs is 4. The predicted octanol–water partition coefficient (Wildman–Crippen LogP) is 4.98. The Morgan fingerprint density at radius 1 is 0.781 bits per heavy atom. The number of aromatic nitrogens is 1. The first-order chi connectivity index (χ1) is 15.8. The molecule has 1 aromatic heterocycles. The fourth-order valence-corrected chi connectivity index (χ4v) is 5.58. The standard InChI is InChI=1S/C28H21BN2O/c1-20-13-15-22(16-14-20)29-30-19-7-11-25(30)28(21-8-3-2-4-9-21)26-18-17-24(31(26)29)23-10-5-6-12-27(23)32-29/h2-19H,1H3/t29-/m0/s1. The average Bonchev–Trinajstić information content (AvgIpc) is 3.50. The average molecular weight is 412 g/mol. The van der Waals surface area contributed by atoms with E-state index in [1.807, 2.05) is 0 Å². The van der Waals surface area contributed by atoms with Crippen molar-refractivity contribution in [3.63, 3.8) is 0 Å². The smallest absolute Gasteiger partial charge is 0.597 e. The summed E-state index contributed by atoms with van der Waals surface area (Å²) in [6.07, 6.45) is 6.50. The molecule has 7 rings (SSSR count). The molecule has 3 nitrogen and oxygen atoms in total. The van der Waals surface area contributed by atoms with Gasteiger partial charge in [0, 0.05) is 29.1 Å². The van der Waals surface area contributed by atoms with Crippen LogP contribution in [0.4, 0.5) is 0 Å². The summed E-state index contributed by atoms with van der Waals surface area (Å²) in [4.78, 5) is 0. The molecule has 4 heterocycles. The number of para-hydroxylation sites is 1. The third kappa shape index (κ3) is 2.14. The van der Waals surface area contributed by atoms with Crippen LogP contribution in [0.1, 0.15) is 16.8 Å². The van der Waals surface area contributed by atoms with Crippen molar-refractivity contribution < 1.29 is 9.14 Å². The monoisotopic (exact) mass is 412 g/mol. The van der Waals surface area contributed by atoms with E-state index in [9.17, 15) is 0 Å². The van der Waals surface area contributed by atoms with Crippen molar-refractivity contribution in [1.29, 1.82) is 0 Å². The van der Waals surface area contributed by atoms with Gasteiger partial charge in [0.1, 0.15) is 6.21 Å². The highest BCUT2D eigenvalue weighted by atomic mass is 16.5. The zero-order valence-electron chi connectivity index (χ0n) is 17.8. The van der Waals surface area contributed by atoms with Crippen LogP contribution >= 0.6 is 0 Å². The number of benzene rings is 3. The van der Waals surface area contributed by atoms with Gasteiger partial charge in [0.05, 0.1) is 11.3 Å². The molecule has 3 aliphatic heterocycles. The van der Waals surface area contributed by atoms with Gasteiger partial charge in [-0.15, -0.1) is 0 Å². The number of hydrogen-bond donors (Lipinski definition) is 0. The largest absolute Gasteiger partial charge is 0.635 e. The topological polar surface area (TPSA) is 17.2 Å². The van der Waals surface area contributed by atoms with Gasteiger partial charge < -0.3 is 13.6 Å². The Hall–Kier alpha value is -4.05. The zero-order valence-corrected chi connectivity index (χ0v) is 17.8. The summed E-state index contributed by atoms with van der Waals surface area (Å²) in [7, 11) is 0. The normalized spacial score (nSPS) is 19.7. The van der Waals surface area contributed by atoms with Crippen molar-refractivity contribution in [3.05, 3.63) is 126 Å². The van der Waals surface area contributed by atoms with Crippen LogP contribution < -0.4 is 10.1 Å². The molecular formula is C28H21BN2O. The molecule has 0 N–H and O–H groups in total. The van der Waals surface area contributed by atoms with Crippen molar-refractivity contribution in [3.8, 4) is 17.0 Å². The van der Waals surface area contributed by atoms with Crippen LogP contribution in [0.3, 0.4) is 0 Å². The first-order valence-electron chi connectivity index (χ1n) is 11.1. The predicted molar refractivity (Wildman–Crippen MR) is 130 cm³/mol. The maximum Gasteiger partial charge on any atom is 0.597 e. The summed E-state index contributed by atoms with van der Waals surface area (Å²) in [5.74, 6) is 0.924. The first-order valence-corrected chi connectivity index (χ1v) is 11.1. The molecule has 152 valence electrons. The fraction of sp³-hybridized carbons (Fsp3) is 0.0357. The highest BCUT2D eigenvalue weighted by molar-refractivity contribution is 6.80. The second-order valence-electron chi connectivity index (χ2n) is 8.74. The Labute approximate surface area is 187 Å². The van der Waals surface area contributed by atoms with E-state index in [1.54, 1.807) is 0 Å². The Balaban J connectivity index is 1.62. The van der Waals surface area contributed by atoms with Gasteiger partial charge in [0.25, 0.3) is 0 Å². The minimum atomic E-state index is -1.74. The van der Waals surface area contributed by atoms with Gasteiger partial charge in [-0.3, -0.25) is 0 Å². The lowest BCUT2D eigenvalue weighted by Crippen LogP contribution is -2.70. The summed E-state index contributed by atoms with van der Waals surface area (Å²) in [6.45, 7) is 0.383. The molecule has 0 unspecified atom stereocenters. The third-order valence-corrected chi connectivity index (χ3v) is 6.96. The van der Waals surface area contributed by atoms with Crippen molar-refractivity contribution in [2.75, 3.05) is 0 Å². The van der Waals surface area contributed by atoms with Crippen molar-refractivity contribution in [1.82, 2.24) is 4.48 Å². The van der Waals surface area contributed by atoms with Crippen LogP contribution in [0, 0.1) is 6.92 Å². The van der Waals surface area contributed by atoms with Gasteiger partial charge in [-0.05, 0) is 36.8 Å². The van der Waals surface area contributed by atoms with Crippen molar-refractivity contribution in [2.24, 2.45) is 0 Å². The maximum absolute atomic E-state index is 7.06. The van der Waals surface area contributed by atoms with Crippen LogP contribution in [0.5, 0.6) is 5.75 Å².